The van der Waals surface area contributed by atoms with Gasteiger partial charge in [0.05, 0.1) is 12.1 Å². The van der Waals surface area contributed by atoms with Crippen LogP contribution in [0.4, 0.5) is 4.39 Å². The molecular weight excluding hydrogens is 423 g/mol. The highest BCUT2D eigenvalue weighted by Gasteiger charge is 2.17. The molecule has 6 heteroatoms. The number of methoxy groups -OCH3 is 1. The van der Waals surface area contributed by atoms with Crippen molar-refractivity contribution in [1.29, 1.82) is 0 Å². The van der Waals surface area contributed by atoms with E-state index >= 15 is 0 Å². The average molecular weight is 441 g/mol. The molecule has 0 saturated heterocycles. The molecule has 2 N–H and O–H groups in total. The molecule has 0 unspecified atom stereocenters. The first-order valence-corrected chi connectivity index (χ1v) is 9.55. The summed E-state index contributed by atoms with van der Waals surface area (Å²) in [6.45, 7) is 0.917. The minimum atomic E-state index is -0.474. The van der Waals surface area contributed by atoms with Crippen LogP contribution in [0, 0.1) is 5.82 Å². The second-order valence-electron chi connectivity index (χ2n) is 6.67. The Kier molecular flexibility index (Phi) is 4.91. The standard InChI is InChI=1S/C22H18BrFN2O2/c1-28-12-13-5-7-16-20(9-13)26(11-14-10-15(24)6-8-18(14)23)19-4-2-3-17(21(16)19)22(25)27/h2-10H,11-12H2,1H3,(H2,25,27). The lowest BCUT2D eigenvalue weighted by Gasteiger charge is -2.11. The molecule has 3 aromatic carbocycles. The zero-order chi connectivity index (χ0) is 19.8. The summed E-state index contributed by atoms with van der Waals surface area (Å²) in [5.41, 5.74) is 9.73. The van der Waals surface area contributed by atoms with Crippen molar-refractivity contribution in [2.75, 3.05) is 7.11 Å². The fourth-order valence-corrected chi connectivity index (χ4v) is 4.03. The van der Waals surface area contributed by atoms with Crippen LogP contribution in [0.5, 0.6) is 0 Å². The fraction of sp³-hybridized carbons (Fsp3) is 0.136. The summed E-state index contributed by atoms with van der Waals surface area (Å²) >= 11 is 3.51. The normalized spacial score (nSPS) is 11.4. The van der Waals surface area contributed by atoms with Gasteiger partial charge in [-0.1, -0.05) is 34.1 Å². The summed E-state index contributed by atoms with van der Waals surface area (Å²) in [4.78, 5) is 12.0. The average Bonchev–Trinajstić information content (AvgIpc) is 2.98. The summed E-state index contributed by atoms with van der Waals surface area (Å²) < 4.78 is 22.0. The molecule has 0 bridgehead atoms. The number of primary amides is 1. The van der Waals surface area contributed by atoms with E-state index in [2.05, 4.69) is 20.5 Å². The number of fused-ring (bicyclic) bond motifs is 3. The second kappa shape index (κ2) is 7.37. The van der Waals surface area contributed by atoms with E-state index in [1.165, 1.54) is 12.1 Å². The minimum Gasteiger partial charge on any atom is -0.380 e. The van der Waals surface area contributed by atoms with Crippen molar-refractivity contribution in [3.05, 3.63) is 81.6 Å². The van der Waals surface area contributed by atoms with Crippen LogP contribution in [0.1, 0.15) is 21.5 Å². The minimum absolute atomic E-state index is 0.295. The lowest BCUT2D eigenvalue weighted by molar-refractivity contribution is 0.100. The van der Waals surface area contributed by atoms with Gasteiger partial charge in [-0.15, -0.1) is 0 Å². The number of ether oxygens (including phenoxy) is 1. The van der Waals surface area contributed by atoms with Crippen molar-refractivity contribution in [3.63, 3.8) is 0 Å². The lowest BCUT2D eigenvalue weighted by Crippen LogP contribution is -2.11. The third-order valence-electron chi connectivity index (χ3n) is 4.87. The smallest absolute Gasteiger partial charge is 0.249 e. The third kappa shape index (κ3) is 3.19. The topological polar surface area (TPSA) is 57.2 Å². The number of carbonyl (C=O) groups excluding carboxylic acids is 1. The molecule has 0 fully saturated rings. The molecule has 28 heavy (non-hydrogen) atoms. The summed E-state index contributed by atoms with van der Waals surface area (Å²) in [6.07, 6.45) is 0. The molecule has 4 rings (SSSR count). The molecular formula is C22H18BrFN2O2. The van der Waals surface area contributed by atoms with E-state index in [4.69, 9.17) is 10.5 Å². The number of halogens is 2. The Hall–Kier alpha value is -2.70. The van der Waals surface area contributed by atoms with Crippen LogP contribution in [-0.4, -0.2) is 17.6 Å². The van der Waals surface area contributed by atoms with Gasteiger partial charge in [0.15, 0.2) is 0 Å². The van der Waals surface area contributed by atoms with E-state index in [0.717, 1.165) is 37.4 Å². The Balaban J connectivity index is 2.03. The van der Waals surface area contributed by atoms with E-state index in [1.807, 2.05) is 30.3 Å². The monoisotopic (exact) mass is 440 g/mol. The van der Waals surface area contributed by atoms with Gasteiger partial charge < -0.3 is 15.0 Å². The molecule has 1 amide bonds. The largest absolute Gasteiger partial charge is 0.380 e. The molecule has 0 radical (unpaired) electrons. The van der Waals surface area contributed by atoms with Crippen LogP contribution in [0.15, 0.2) is 59.1 Å². The Labute approximate surface area is 169 Å². The SMILES string of the molecule is COCc1ccc2c3c(C(N)=O)cccc3n(Cc3cc(F)ccc3Br)c2c1. The third-order valence-corrected chi connectivity index (χ3v) is 5.64. The number of nitrogens with two attached hydrogens (primary N) is 1. The number of carbonyl (C=O) groups is 1. The van der Waals surface area contributed by atoms with Crippen molar-refractivity contribution >= 4 is 43.6 Å². The van der Waals surface area contributed by atoms with Gasteiger partial charge in [-0.25, -0.2) is 4.39 Å². The summed E-state index contributed by atoms with van der Waals surface area (Å²) in [5.74, 6) is -0.769. The zero-order valence-electron chi connectivity index (χ0n) is 15.2. The van der Waals surface area contributed by atoms with Crippen LogP contribution < -0.4 is 5.73 Å². The number of hydrogen-bond donors (Lipinski definition) is 1. The van der Waals surface area contributed by atoms with Gasteiger partial charge in [0.25, 0.3) is 0 Å². The van der Waals surface area contributed by atoms with Gasteiger partial charge in [-0.05, 0) is 47.5 Å². The molecule has 0 aliphatic carbocycles. The van der Waals surface area contributed by atoms with Crippen LogP contribution in [-0.2, 0) is 17.9 Å². The Morgan fingerprint density at radius 1 is 1.14 bits per heavy atom. The first-order valence-electron chi connectivity index (χ1n) is 8.76. The number of amides is 1. The van der Waals surface area contributed by atoms with E-state index in [-0.39, 0.29) is 5.82 Å². The maximum atomic E-state index is 13.8. The lowest BCUT2D eigenvalue weighted by atomic mass is 10.0. The van der Waals surface area contributed by atoms with Gasteiger partial charge >= 0.3 is 0 Å². The Morgan fingerprint density at radius 3 is 2.71 bits per heavy atom. The van der Waals surface area contributed by atoms with Crippen LogP contribution in [0.3, 0.4) is 0 Å². The van der Waals surface area contributed by atoms with E-state index in [9.17, 15) is 9.18 Å². The van der Waals surface area contributed by atoms with Crippen molar-refractivity contribution in [2.24, 2.45) is 5.73 Å². The molecule has 0 aliphatic rings. The maximum Gasteiger partial charge on any atom is 0.249 e. The maximum absolute atomic E-state index is 13.8. The highest BCUT2D eigenvalue weighted by molar-refractivity contribution is 9.10. The van der Waals surface area contributed by atoms with Gasteiger partial charge in [0, 0.05) is 40.0 Å². The van der Waals surface area contributed by atoms with E-state index in [1.54, 1.807) is 19.2 Å². The van der Waals surface area contributed by atoms with Gasteiger partial charge in [-0.3, -0.25) is 4.79 Å². The van der Waals surface area contributed by atoms with Gasteiger partial charge in [-0.2, -0.15) is 0 Å². The first kappa shape index (κ1) is 18.7. The van der Waals surface area contributed by atoms with Crippen molar-refractivity contribution in [3.8, 4) is 0 Å². The number of aromatic nitrogens is 1. The van der Waals surface area contributed by atoms with Gasteiger partial charge in [0.2, 0.25) is 5.91 Å². The quantitative estimate of drug-likeness (QED) is 0.475. The molecule has 142 valence electrons. The van der Waals surface area contributed by atoms with Gasteiger partial charge in [0.1, 0.15) is 5.82 Å². The predicted octanol–water partition coefficient (Wildman–Crippen LogP) is 4.99. The molecule has 4 aromatic rings. The second-order valence-corrected chi connectivity index (χ2v) is 7.52. The van der Waals surface area contributed by atoms with E-state index < -0.39 is 5.91 Å². The molecule has 0 aliphatic heterocycles. The summed E-state index contributed by atoms with van der Waals surface area (Å²) in [6, 6.07) is 16.1. The Morgan fingerprint density at radius 2 is 1.96 bits per heavy atom. The molecule has 1 heterocycles. The molecule has 1 aromatic heterocycles. The Bertz CT molecular complexity index is 1220. The highest BCUT2D eigenvalue weighted by Crippen LogP contribution is 2.34. The van der Waals surface area contributed by atoms with Crippen LogP contribution in [0.2, 0.25) is 0 Å². The fourth-order valence-electron chi connectivity index (χ4n) is 3.66. The molecule has 0 spiro atoms. The summed E-state index contributed by atoms with van der Waals surface area (Å²) in [7, 11) is 1.65. The summed E-state index contributed by atoms with van der Waals surface area (Å²) in [5, 5.41) is 1.73. The zero-order valence-corrected chi connectivity index (χ0v) is 16.8. The van der Waals surface area contributed by atoms with Crippen molar-refractivity contribution in [2.45, 2.75) is 13.2 Å². The number of nitrogens with zero attached hydrogens (tertiary/aromatic N) is 1. The molecule has 0 atom stereocenters. The molecule has 0 saturated carbocycles. The van der Waals surface area contributed by atoms with E-state index in [0.29, 0.717) is 18.7 Å². The number of benzene rings is 3. The highest BCUT2D eigenvalue weighted by atomic mass is 79.9. The first-order chi connectivity index (χ1) is 13.5. The number of rotatable bonds is 5. The predicted molar refractivity (Wildman–Crippen MR) is 112 cm³/mol. The van der Waals surface area contributed by atoms with Crippen molar-refractivity contribution in [1.82, 2.24) is 4.57 Å². The molecule has 4 nitrogen and oxygen atoms in total. The van der Waals surface area contributed by atoms with Crippen molar-refractivity contribution < 1.29 is 13.9 Å². The number of hydrogen-bond acceptors (Lipinski definition) is 2. The van der Waals surface area contributed by atoms with Crippen LogP contribution in [0.25, 0.3) is 21.8 Å². The van der Waals surface area contributed by atoms with Crippen LogP contribution >= 0.6 is 15.9 Å².